The van der Waals surface area contributed by atoms with E-state index in [0.29, 0.717) is 15.6 Å². The zero-order valence-corrected chi connectivity index (χ0v) is 15.1. The molecule has 3 rings (SSSR count). The van der Waals surface area contributed by atoms with Crippen molar-refractivity contribution in [3.05, 3.63) is 28.8 Å². The SMILES string of the molecule is CCCC[Te]12OC(=O)c3cc(C(C)(C)C)cc(c31)C(=O)O2. The van der Waals surface area contributed by atoms with E-state index < -0.39 is 19.0 Å². The Balaban J connectivity index is 2.19. The molecule has 2 aliphatic heterocycles. The summed E-state index contributed by atoms with van der Waals surface area (Å²) in [5, 5.41) is 0. The van der Waals surface area contributed by atoms with Gasteiger partial charge < -0.3 is 0 Å². The summed E-state index contributed by atoms with van der Waals surface area (Å²) < 4.78 is 12.9. The molecule has 0 unspecified atom stereocenters. The van der Waals surface area contributed by atoms with Crippen LogP contribution >= 0.6 is 0 Å². The van der Waals surface area contributed by atoms with Crippen molar-refractivity contribution >= 4 is 34.6 Å². The molecule has 0 bridgehead atoms. The molecule has 1 aromatic carbocycles. The van der Waals surface area contributed by atoms with Crippen LogP contribution in [0.25, 0.3) is 0 Å². The summed E-state index contributed by atoms with van der Waals surface area (Å²) in [6.07, 6.45) is 1.91. The molecule has 0 spiro atoms. The van der Waals surface area contributed by atoms with Gasteiger partial charge in [-0.15, -0.1) is 0 Å². The van der Waals surface area contributed by atoms with Crippen LogP contribution in [0.15, 0.2) is 12.1 Å². The summed E-state index contributed by atoms with van der Waals surface area (Å²) in [7, 11) is 0. The Morgan fingerprint density at radius 3 is 2.00 bits per heavy atom. The van der Waals surface area contributed by atoms with E-state index in [0.717, 1.165) is 22.0 Å². The van der Waals surface area contributed by atoms with Gasteiger partial charge in [-0.25, -0.2) is 0 Å². The van der Waals surface area contributed by atoms with Gasteiger partial charge >= 0.3 is 130 Å². The average Bonchev–Trinajstić information content (AvgIpc) is 2.83. The molecule has 0 amide bonds. The van der Waals surface area contributed by atoms with Crippen molar-refractivity contribution < 1.29 is 15.8 Å². The summed E-state index contributed by atoms with van der Waals surface area (Å²) in [4.78, 5) is 24.5. The van der Waals surface area contributed by atoms with Crippen LogP contribution in [0, 0.1) is 0 Å². The summed E-state index contributed by atoms with van der Waals surface area (Å²) in [6, 6.07) is 3.78. The molecule has 0 atom stereocenters. The number of carbonyl (C=O) groups excluding carboxylic acids is 2. The number of hydrogen-bond acceptors (Lipinski definition) is 4. The molecule has 0 aliphatic carbocycles. The third-order valence-corrected chi connectivity index (χ3v) is 11.7. The van der Waals surface area contributed by atoms with Crippen molar-refractivity contribution in [3.63, 3.8) is 0 Å². The molecule has 0 N–H and O–H groups in total. The van der Waals surface area contributed by atoms with E-state index in [9.17, 15) is 9.59 Å². The van der Waals surface area contributed by atoms with Crippen LogP contribution in [0.3, 0.4) is 0 Å². The summed E-state index contributed by atoms with van der Waals surface area (Å²) in [5.41, 5.74) is 1.98. The Labute approximate surface area is 129 Å². The molecule has 0 saturated heterocycles. The van der Waals surface area contributed by atoms with E-state index in [1.165, 1.54) is 0 Å². The van der Waals surface area contributed by atoms with Gasteiger partial charge in [-0.05, 0) is 0 Å². The molecule has 114 valence electrons. The minimum absolute atomic E-state index is 0.128. The maximum absolute atomic E-state index is 12.3. The van der Waals surface area contributed by atoms with Gasteiger partial charge in [0.05, 0.1) is 0 Å². The Morgan fingerprint density at radius 1 is 1.05 bits per heavy atom. The molecule has 2 aliphatic rings. The second-order valence-electron chi connectivity index (χ2n) is 6.56. The van der Waals surface area contributed by atoms with E-state index >= 15 is 0 Å². The molecular formula is C16H20O4Te. The monoisotopic (exact) mass is 406 g/mol. The number of carbonyl (C=O) groups is 2. The van der Waals surface area contributed by atoms with Crippen LogP contribution in [0.4, 0.5) is 0 Å². The van der Waals surface area contributed by atoms with E-state index in [1.54, 1.807) is 0 Å². The zero-order chi connectivity index (χ0) is 15.4. The van der Waals surface area contributed by atoms with Crippen LogP contribution in [-0.2, 0) is 11.6 Å². The first-order valence-corrected chi connectivity index (χ1v) is 12.0. The van der Waals surface area contributed by atoms with Crippen LogP contribution in [0.5, 0.6) is 0 Å². The van der Waals surface area contributed by atoms with Gasteiger partial charge in [0.15, 0.2) is 0 Å². The third kappa shape index (κ3) is 2.18. The standard InChI is InChI=1S/C16H20O4Te/c1-5-6-7-21-13-11(14(17)19-21)8-10(16(2,3)4)9-12(13)15(18)20-21/h8-9H,5-7H2,1-4H3. The maximum atomic E-state index is 12.3. The fourth-order valence-corrected chi connectivity index (χ4v) is 10.8. The molecule has 1 aromatic rings. The van der Waals surface area contributed by atoms with Crippen LogP contribution in [0.2, 0.25) is 4.47 Å². The van der Waals surface area contributed by atoms with E-state index in [2.05, 4.69) is 27.7 Å². The number of unbranched alkanes of at least 4 members (excludes halogenated alkanes) is 1. The summed E-state index contributed by atoms with van der Waals surface area (Å²) in [5.74, 6) is -0.607. The summed E-state index contributed by atoms with van der Waals surface area (Å²) in [6.45, 7) is 8.27. The van der Waals surface area contributed by atoms with Crippen molar-refractivity contribution in [2.75, 3.05) is 0 Å². The first-order chi connectivity index (χ1) is 9.78. The van der Waals surface area contributed by atoms with Crippen LogP contribution < -0.4 is 3.61 Å². The van der Waals surface area contributed by atoms with Crippen molar-refractivity contribution in [2.24, 2.45) is 0 Å². The first kappa shape index (κ1) is 14.9. The molecule has 0 saturated carbocycles. The zero-order valence-electron chi connectivity index (χ0n) is 12.8. The normalized spacial score (nSPS) is 20.0. The van der Waals surface area contributed by atoms with Crippen molar-refractivity contribution in [3.8, 4) is 0 Å². The van der Waals surface area contributed by atoms with Gasteiger partial charge in [0.25, 0.3) is 0 Å². The van der Waals surface area contributed by atoms with Gasteiger partial charge in [0.1, 0.15) is 0 Å². The van der Waals surface area contributed by atoms with Gasteiger partial charge in [-0.3, -0.25) is 0 Å². The van der Waals surface area contributed by atoms with Crippen LogP contribution in [-0.4, -0.2) is 30.9 Å². The minimum atomic E-state index is -3.48. The topological polar surface area (TPSA) is 52.6 Å². The summed E-state index contributed by atoms with van der Waals surface area (Å²) >= 11 is -3.48. The van der Waals surface area contributed by atoms with Crippen molar-refractivity contribution in [1.29, 1.82) is 0 Å². The predicted octanol–water partition coefficient (Wildman–Crippen LogP) is 2.77. The van der Waals surface area contributed by atoms with E-state index in [-0.39, 0.29) is 17.4 Å². The number of benzene rings is 1. The molecule has 4 nitrogen and oxygen atoms in total. The van der Waals surface area contributed by atoms with Crippen LogP contribution in [0.1, 0.15) is 66.8 Å². The molecule has 2 heterocycles. The Kier molecular flexibility index (Phi) is 3.34. The third-order valence-electron chi connectivity index (χ3n) is 3.89. The number of hydrogen-bond donors (Lipinski definition) is 0. The van der Waals surface area contributed by atoms with Gasteiger partial charge in [-0.1, -0.05) is 0 Å². The average molecular weight is 404 g/mol. The second kappa shape index (κ2) is 4.72. The van der Waals surface area contributed by atoms with Gasteiger partial charge in [0.2, 0.25) is 0 Å². The van der Waals surface area contributed by atoms with Gasteiger partial charge in [-0.2, -0.15) is 0 Å². The molecule has 0 aromatic heterocycles. The number of rotatable bonds is 3. The second-order valence-corrected chi connectivity index (χ2v) is 13.4. The fraction of sp³-hybridized carbons (Fsp3) is 0.500. The van der Waals surface area contributed by atoms with E-state index in [4.69, 9.17) is 6.20 Å². The quantitative estimate of drug-likeness (QED) is 0.728. The fourth-order valence-electron chi connectivity index (χ4n) is 2.65. The van der Waals surface area contributed by atoms with Crippen molar-refractivity contribution in [2.45, 2.75) is 50.4 Å². The van der Waals surface area contributed by atoms with E-state index in [1.807, 2.05) is 12.1 Å². The first-order valence-electron chi connectivity index (χ1n) is 7.25. The van der Waals surface area contributed by atoms with Gasteiger partial charge in [0, 0.05) is 0 Å². The molecule has 0 radical (unpaired) electrons. The molecule has 0 fully saturated rings. The Morgan fingerprint density at radius 2 is 1.57 bits per heavy atom. The molecular weight excluding hydrogens is 384 g/mol. The predicted molar refractivity (Wildman–Crippen MR) is 81.1 cm³/mol. The Bertz CT molecular complexity index is 603. The van der Waals surface area contributed by atoms with Crippen molar-refractivity contribution in [1.82, 2.24) is 0 Å². The Hall–Kier alpha value is -1.05. The molecule has 5 heteroatoms. The molecule has 21 heavy (non-hydrogen) atoms.